The molecule has 12 rings (SSSR count). The van der Waals surface area contributed by atoms with E-state index in [2.05, 4.69) is 252 Å². The maximum absolute atomic E-state index is 6.25. The molecule has 6 nitrogen and oxygen atoms in total. The molecule has 2 aliphatic rings. The van der Waals surface area contributed by atoms with Gasteiger partial charge in [0.2, 0.25) is 5.89 Å². The largest absolute Gasteiger partial charge is 0.436 e. The molecule has 2 atom stereocenters. The van der Waals surface area contributed by atoms with E-state index in [1.807, 2.05) is 18.2 Å². The van der Waals surface area contributed by atoms with Crippen molar-refractivity contribution < 1.29 is 4.42 Å². The minimum Gasteiger partial charge on any atom is -0.436 e. The van der Waals surface area contributed by atoms with Gasteiger partial charge < -0.3 is 19.5 Å². The standard InChI is InChI=1S/C62H45N5O/c1-5-13-43(14-6-1)49-29-39-57-58(41-49)64-61(63-57)47-25-35-55(36-26-47)66(51-17-9-3-10-18-51)53-31-21-45(22-32-53)46-23-33-54(34-24-46)67(52-19-11-4-12-20-52)56-37-27-48(28-38-56)62-65-59-42-50(30-40-60(59)68-62)44-15-7-2-8-16-44/h1-42,57-58H,(H,63,64). The minimum absolute atomic E-state index is 0.0802. The minimum atomic E-state index is 0.0802. The monoisotopic (exact) mass is 875 g/mol. The van der Waals surface area contributed by atoms with E-state index in [9.17, 15) is 0 Å². The Kier molecular flexibility index (Phi) is 10.6. The van der Waals surface area contributed by atoms with Gasteiger partial charge in [0.15, 0.2) is 5.58 Å². The molecule has 324 valence electrons. The number of anilines is 6. The van der Waals surface area contributed by atoms with E-state index in [0.717, 1.165) is 84.4 Å². The zero-order valence-corrected chi connectivity index (χ0v) is 37.1. The van der Waals surface area contributed by atoms with Crippen LogP contribution in [0.25, 0.3) is 50.4 Å². The summed E-state index contributed by atoms with van der Waals surface area (Å²) in [6, 6.07) is 83.0. The van der Waals surface area contributed by atoms with Crippen LogP contribution < -0.4 is 15.1 Å². The van der Waals surface area contributed by atoms with Crippen LogP contribution in [0.5, 0.6) is 0 Å². The summed E-state index contributed by atoms with van der Waals surface area (Å²) in [5.74, 6) is 1.52. The maximum atomic E-state index is 6.25. The second kappa shape index (κ2) is 17.8. The first-order chi connectivity index (χ1) is 33.7. The highest BCUT2D eigenvalue weighted by Gasteiger charge is 2.28. The maximum Gasteiger partial charge on any atom is 0.227 e. The summed E-state index contributed by atoms with van der Waals surface area (Å²) in [7, 11) is 0. The SMILES string of the molecule is C1=CC2N=C(c3ccc(N(c4ccccc4)c4ccc(-c5ccc(N(c6ccccc6)c6ccc(-c7nc8cc(-c9ccccc9)ccc8o7)cc6)cc5)cc4)cc3)NC2C=C1c1ccccc1. The van der Waals surface area contributed by atoms with Gasteiger partial charge in [-0.15, -0.1) is 0 Å². The molecule has 0 spiro atoms. The van der Waals surface area contributed by atoms with Crippen LogP contribution in [0, 0.1) is 0 Å². The van der Waals surface area contributed by atoms with Gasteiger partial charge in [-0.25, -0.2) is 4.98 Å². The van der Waals surface area contributed by atoms with Crippen LogP contribution >= 0.6 is 0 Å². The average molecular weight is 876 g/mol. The Bertz CT molecular complexity index is 3440. The fourth-order valence-corrected chi connectivity index (χ4v) is 9.28. The topological polar surface area (TPSA) is 56.9 Å². The number of amidine groups is 1. The smallest absolute Gasteiger partial charge is 0.227 e. The first-order valence-electron chi connectivity index (χ1n) is 23.0. The number of oxazole rings is 1. The van der Waals surface area contributed by atoms with Gasteiger partial charge in [0.1, 0.15) is 11.4 Å². The normalized spacial score (nSPS) is 15.0. The zero-order chi connectivity index (χ0) is 45.2. The molecular weight excluding hydrogens is 831 g/mol. The Morgan fingerprint density at radius 3 is 1.35 bits per heavy atom. The molecule has 0 saturated carbocycles. The quantitative estimate of drug-likeness (QED) is 0.140. The van der Waals surface area contributed by atoms with Gasteiger partial charge in [0.25, 0.3) is 0 Å². The van der Waals surface area contributed by atoms with Crippen molar-refractivity contribution in [3.8, 4) is 33.7 Å². The number of nitrogens with zero attached hydrogens (tertiary/aromatic N) is 4. The lowest BCUT2D eigenvalue weighted by molar-refractivity contribution is 0.620. The van der Waals surface area contributed by atoms with Crippen molar-refractivity contribution in [2.24, 2.45) is 4.99 Å². The van der Waals surface area contributed by atoms with Crippen molar-refractivity contribution in [3.05, 3.63) is 266 Å². The number of allylic oxidation sites excluding steroid dienone is 2. The highest BCUT2D eigenvalue weighted by Crippen LogP contribution is 2.39. The van der Waals surface area contributed by atoms with Crippen molar-refractivity contribution >= 4 is 56.6 Å². The Morgan fingerprint density at radius 1 is 0.397 bits per heavy atom. The number of fused-ring (bicyclic) bond motifs is 2. The predicted molar refractivity (Wildman–Crippen MR) is 280 cm³/mol. The molecule has 9 aromatic carbocycles. The average Bonchev–Trinajstić information content (AvgIpc) is 4.05. The van der Waals surface area contributed by atoms with Crippen molar-refractivity contribution in [1.82, 2.24) is 10.3 Å². The van der Waals surface area contributed by atoms with Gasteiger partial charge in [-0.1, -0.05) is 146 Å². The molecular formula is C62H45N5O. The van der Waals surface area contributed by atoms with E-state index >= 15 is 0 Å². The number of rotatable bonds is 11. The number of hydrogen-bond acceptors (Lipinski definition) is 6. The molecule has 1 aliphatic carbocycles. The van der Waals surface area contributed by atoms with Crippen molar-refractivity contribution in [3.63, 3.8) is 0 Å². The number of aromatic nitrogens is 1. The summed E-state index contributed by atoms with van der Waals surface area (Å²) in [5, 5.41) is 3.69. The van der Waals surface area contributed by atoms with Crippen LogP contribution in [0.1, 0.15) is 11.1 Å². The van der Waals surface area contributed by atoms with Gasteiger partial charge in [-0.2, -0.15) is 0 Å². The third-order valence-corrected chi connectivity index (χ3v) is 12.8. The Labute approximate surface area is 396 Å². The number of aliphatic imine (C=N–C) groups is 1. The van der Waals surface area contributed by atoms with Gasteiger partial charge in [-0.3, -0.25) is 4.99 Å². The molecule has 0 amide bonds. The molecule has 1 aliphatic heterocycles. The Morgan fingerprint density at radius 2 is 0.824 bits per heavy atom. The van der Waals surface area contributed by atoms with Gasteiger partial charge >= 0.3 is 0 Å². The van der Waals surface area contributed by atoms with Crippen LogP contribution in [-0.4, -0.2) is 22.9 Å². The molecule has 68 heavy (non-hydrogen) atoms. The summed E-state index contributed by atoms with van der Waals surface area (Å²) < 4.78 is 6.25. The van der Waals surface area contributed by atoms with Gasteiger partial charge in [-0.05, 0) is 143 Å². The third-order valence-electron chi connectivity index (χ3n) is 12.8. The lowest BCUT2D eigenvalue weighted by Crippen LogP contribution is -2.33. The van der Waals surface area contributed by atoms with Crippen molar-refractivity contribution in [2.45, 2.75) is 12.1 Å². The molecule has 0 radical (unpaired) electrons. The van der Waals surface area contributed by atoms with E-state index in [1.54, 1.807) is 0 Å². The fourth-order valence-electron chi connectivity index (χ4n) is 9.28. The van der Waals surface area contributed by atoms with Gasteiger partial charge in [0, 0.05) is 45.3 Å². The second-order valence-corrected chi connectivity index (χ2v) is 17.1. The van der Waals surface area contributed by atoms with E-state index in [0.29, 0.717) is 5.89 Å². The highest BCUT2D eigenvalue weighted by atomic mass is 16.3. The molecule has 1 aromatic heterocycles. The first kappa shape index (κ1) is 40.5. The Balaban J connectivity index is 0.778. The molecule has 1 N–H and O–H groups in total. The summed E-state index contributed by atoms with van der Waals surface area (Å²) in [5.41, 5.74) is 17.0. The van der Waals surface area contributed by atoms with E-state index < -0.39 is 0 Å². The van der Waals surface area contributed by atoms with Gasteiger partial charge in [0.05, 0.1) is 12.1 Å². The lowest BCUT2D eigenvalue weighted by Gasteiger charge is -2.26. The summed E-state index contributed by atoms with van der Waals surface area (Å²) >= 11 is 0. The van der Waals surface area contributed by atoms with Crippen LogP contribution in [-0.2, 0) is 0 Å². The highest BCUT2D eigenvalue weighted by molar-refractivity contribution is 6.01. The van der Waals surface area contributed by atoms with Crippen LogP contribution in [0.2, 0.25) is 0 Å². The predicted octanol–water partition coefficient (Wildman–Crippen LogP) is 15.5. The van der Waals surface area contributed by atoms with E-state index in [1.165, 1.54) is 11.1 Å². The molecule has 2 heterocycles. The molecule has 10 aromatic rings. The molecule has 6 heteroatoms. The van der Waals surface area contributed by atoms with E-state index in [4.69, 9.17) is 14.4 Å². The van der Waals surface area contributed by atoms with Crippen LogP contribution in [0.15, 0.2) is 264 Å². The van der Waals surface area contributed by atoms with Crippen molar-refractivity contribution in [2.75, 3.05) is 9.80 Å². The first-order valence-corrected chi connectivity index (χ1v) is 23.0. The van der Waals surface area contributed by atoms with Crippen LogP contribution in [0.4, 0.5) is 34.1 Å². The molecule has 0 bridgehead atoms. The third kappa shape index (κ3) is 8.05. The van der Waals surface area contributed by atoms with E-state index in [-0.39, 0.29) is 12.1 Å². The number of benzene rings is 9. The number of hydrogen-bond donors (Lipinski definition) is 1. The fraction of sp³-hybridized carbons (Fsp3) is 0.0323. The number of para-hydroxylation sites is 2. The number of nitrogens with one attached hydrogen (secondary N) is 1. The van der Waals surface area contributed by atoms with Crippen LogP contribution in [0.3, 0.4) is 0 Å². The zero-order valence-electron chi connectivity index (χ0n) is 37.1. The second-order valence-electron chi connectivity index (χ2n) is 17.1. The molecule has 0 saturated heterocycles. The summed E-state index contributed by atoms with van der Waals surface area (Å²) in [6.45, 7) is 0. The molecule has 0 fully saturated rings. The summed E-state index contributed by atoms with van der Waals surface area (Å²) in [6.07, 6.45) is 6.69. The van der Waals surface area contributed by atoms with Crippen molar-refractivity contribution in [1.29, 1.82) is 0 Å². The summed E-state index contributed by atoms with van der Waals surface area (Å²) in [4.78, 5) is 14.5. The Hall–Kier alpha value is -9.00. The molecule has 2 unspecified atom stereocenters. The lowest BCUT2D eigenvalue weighted by atomic mass is 9.94.